The van der Waals surface area contributed by atoms with Gasteiger partial charge < -0.3 is 40.0 Å². The Labute approximate surface area is 235 Å². The summed E-state index contributed by atoms with van der Waals surface area (Å²) in [6.45, 7) is -0.694. The third kappa shape index (κ3) is 6.14. The number of rotatable bonds is 5. The number of carbonyl (C=O) groups excluding carboxylic acids is 2. The normalized spacial score (nSPS) is 17.3. The van der Waals surface area contributed by atoms with Gasteiger partial charge in [-0.25, -0.2) is 0 Å². The van der Waals surface area contributed by atoms with Gasteiger partial charge in [-0.3, -0.25) is 4.79 Å². The Morgan fingerprint density at radius 1 is 1.18 bits per heavy atom. The first-order valence-electron chi connectivity index (χ1n) is 10.1. The van der Waals surface area contributed by atoms with Crippen LogP contribution in [0.4, 0.5) is 0 Å². The van der Waals surface area contributed by atoms with Crippen molar-refractivity contribution in [3.05, 3.63) is 58.7 Å². The average molecular weight is 472 g/mol. The molecule has 1 atom stereocenters. The molecule has 1 amide bonds. The minimum absolute atomic E-state index is 0. The summed E-state index contributed by atoms with van der Waals surface area (Å²) >= 11 is 0. The van der Waals surface area contributed by atoms with Crippen molar-refractivity contribution in [1.82, 2.24) is 4.90 Å². The van der Waals surface area contributed by atoms with Crippen molar-refractivity contribution in [1.29, 1.82) is 0 Å². The molecule has 1 saturated heterocycles. The van der Waals surface area contributed by atoms with Crippen LogP contribution >= 0.6 is 0 Å². The van der Waals surface area contributed by atoms with Gasteiger partial charge in [0.2, 0.25) is 5.91 Å². The number of fused-ring (bicyclic) bond motifs is 1. The average Bonchev–Trinajstić information content (AvgIpc) is 2.68. The number of benzene rings is 2. The fraction of sp³-hybridized carbons (Fsp3) is 0.333. The van der Waals surface area contributed by atoms with Crippen LogP contribution in [0, 0.1) is 6.92 Å². The number of ether oxygens (including phenoxy) is 1. The van der Waals surface area contributed by atoms with E-state index in [-0.39, 0.29) is 108 Å². The van der Waals surface area contributed by atoms with Gasteiger partial charge in [-0.05, 0) is 30.5 Å². The van der Waals surface area contributed by atoms with Crippen molar-refractivity contribution in [2.75, 3.05) is 13.1 Å². The van der Waals surface area contributed by atoms with E-state index in [4.69, 9.17) is 15.1 Å². The molecule has 0 aliphatic carbocycles. The molecule has 4 rings (SSSR count). The number of aromatic carboxylic acids is 1. The van der Waals surface area contributed by atoms with E-state index in [2.05, 4.69) is 0 Å². The molecular formula is C21H23BN2Na2O7. The molecule has 1 fully saturated rings. The van der Waals surface area contributed by atoms with Crippen LogP contribution in [0.5, 0.6) is 11.5 Å². The maximum absolute atomic E-state index is 12.6. The van der Waals surface area contributed by atoms with Gasteiger partial charge in [0.05, 0.1) is 30.4 Å². The van der Waals surface area contributed by atoms with Crippen LogP contribution in [0.25, 0.3) is 0 Å². The van der Waals surface area contributed by atoms with Crippen LogP contribution in [0.2, 0.25) is 6.32 Å². The SMILES string of the molecule is Cc1ccc([C@@H](N)C(=O)N2CC(Oc3ccc4c(c3C(=O)[O-])O[B-](O)(O)CC4)C2)cc1.[Na+].[Na+]. The summed E-state index contributed by atoms with van der Waals surface area (Å²) in [7, 11) is 0. The summed E-state index contributed by atoms with van der Waals surface area (Å²) in [5, 5.41) is 31.3. The Hall–Kier alpha value is -1.08. The standard InChI is InChI=1S/C21H24BN2O7.2Na/c1-12-2-4-13(5-3-12)18(23)20(25)24-10-15(11-24)30-16-7-6-14-8-9-22(28,29)31-19(14)17(16)21(26)27;;/h2-7,15,18,28-29H,8-11,23H2,1H3,(H,26,27);;/q-1;2*+1/p-1/t18-;;/m1../s1. The number of carboxylic acid groups (broad SMARTS) is 1. The van der Waals surface area contributed by atoms with Crippen LogP contribution in [-0.4, -0.2) is 52.8 Å². The molecule has 164 valence electrons. The molecule has 0 unspecified atom stereocenters. The number of hydrogen-bond donors (Lipinski definition) is 3. The van der Waals surface area contributed by atoms with Gasteiger partial charge >= 0.3 is 65.9 Å². The van der Waals surface area contributed by atoms with Gasteiger partial charge in [-0.2, -0.15) is 0 Å². The molecular weight excluding hydrogens is 449 g/mol. The molecule has 0 aromatic heterocycles. The molecule has 0 bridgehead atoms. The van der Waals surface area contributed by atoms with Crippen LogP contribution in [0.1, 0.15) is 33.1 Å². The maximum Gasteiger partial charge on any atom is 1.00 e. The first-order valence-corrected chi connectivity index (χ1v) is 10.1. The molecule has 12 heteroatoms. The smallest absolute Gasteiger partial charge is 0.669 e. The predicted octanol–water partition coefficient (Wildman–Crippen LogP) is -6.49. The molecule has 9 nitrogen and oxygen atoms in total. The first kappa shape index (κ1) is 28.2. The van der Waals surface area contributed by atoms with E-state index in [1.54, 1.807) is 11.0 Å². The quantitative estimate of drug-likeness (QED) is 0.365. The van der Waals surface area contributed by atoms with Gasteiger partial charge in [0.1, 0.15) is 17.9 Å². The van der Waals surface area contributed by atoms with Crippen molar-refractivity contribution in [3.63, 3.8) is 0 Å². The van der Waals surface area contributed by atoms with Crippen molar-refractivity contribution in [2.45, 2.75) is 31.8 Å². The number of amides is 1. The molecule has 2 aromatic rings. The Morgan fingerprint density at radius 3 is 2.42 bits per heavy atom. The third-order valence-electron chi connectivity index (χ3n) is 5.66. The molecule has 2 aliphatic rings. The maximum atomic E-state index is 12.6. The molecule has 4 N–H and O–H groups in total. The fourth-order valence-corrected chi connectivity index (χ4v) is 3.81. The number of aryl methyl sites for hydroxylation is 2. The zero-order valence-electron chi connectivity index (χ0n) is 19.0. The van der Waals surface area contributed by atoms with Crippen LogP contribution in [-0.2, 0) is 11.2 Å². The minimum atomic E-state index is -3.14. The second-order valence-electron chi connectivity index (χ2n) is 8.10. The first-order chi connectivity index (χ1) is 14.6. The monoisotopic (exact) mass is 472 g/mol. The number of hydrogen-bond acceptors (Lipinski definition) is 8. The predicted molar refractivity (Wildman–Crippen MR) is 109 cm³/mol. The van der Waals surface area contributed by atoms with E-state index >= 15 is 0 Å². The van der Waals surface area contributed by atoms with Gasteiger partial charge in [-0.1, -0.05) is 42.2 Å². The molecule has 0 radical (unpaired) electrons. The second-order valence-corrected chi connectivity index (χ2v) is 8.10. The van der Waals surface area contributed by atoms with Gasteiger partial charge in [0, 0.05) is 0 Å². The Kier molecular flexibility index (Phi) is 9.48. The van der Waals surface area contributed by atoms with E-state index < -0.39 is 24.9 Å². The second kappa shape index (κ2) is 11.1. The molecule has 0 saturated carbocycles. The van der Waals surface area contributed by atoms with Gasteiger partial charge in [0.15, 0.2) is 0 Å². The fourth-order valence-electron chi connectivity index (χ4n) is 3.81. The van der Waals surface area contributed by atoms with Crippen molar-refractivity contribution >= 4 is 18.6 Å². The molecule has 2 aliphatic heterocycles. The molecule has 2 aromatic carbocycles. The summed E-state index contributed by atoms with van der Waals surface area (Å²) in [6.07, 6.45) is -0.209. The number of nitrogens with two attached hydrogens (primary N) is 1. The van der Waals surface area contributed by atoms with Crippen molar-refractivity contribution in [3.8, 4) is 11.5 Å². The van der Waals surface area contributed by atoms with Crippen molar-refractivity contribution in [2.24, 2.45) is 5.73 Å². The minimum Gasteiger partial charge on any atom is -0.669 e. The van der Waals surface area contributed by atoms with Gasteiger partial charge in [0.25, 0.3) is 0 Å². The Balaban J connectivity index is 0.00000193. The summed E-state index contributed by atoms with van der Waals surface area (Å²) in [4.78, 5) is 25.9. The molecule has 33 heavy (non-hydrogen) atoms. The van der Waals surface area contributed by atoms with E-state index in [1.807, 2.05) is 31.2 Å². The molecule has 2 heterocycles. The Bertz CT molecular complexity index is 1030. The number of carboxylic acids is 1. The van der Waals surface area contributed by atoms with Crippen LogP contribution in [0.15, 0.2) is 36.4 Å². The van der Waals surface area contributed by atoms with Crippen molar-refractivity contribution < 1.29 is 93.2 Å². The van der Waals surface area contributed by atoms with E-state index in [9.17, 15) is 24.7 Å². The van der Waals surface area contributed by atoms with Crippen LogP contribution < -0.4 is 79.3 Å². The largest absolute Gasteiger partial charge is 1.00 e. The Morgan fingerprint density at radius 2 is 1.82 bits per heavy atom. The molecule has 0 spiro atoms. The van der Waals surface area contributed by atoms with E-state index in [0.29, 0.717) is 11.1 Å². The van der Waals surface area contributed by atoms with E-state index in [0.717, 1.165) is 5.56 Å². The zero-order valence-corrected chi connectivity index (χ0v) is 23.0. The van der Waals surface area contributed by atoms with Crippen LogP contribution in [0.3, 0.4) is 0 Å². The number of carbonyl (C=O) groups is 2. The van der Waals surface area contributed by atoms with Gasteiger partial charge in [-0.15, -0.1) is 0 Å². The third-order valence-corrected chi connectivity index (χ3v) is 5.66. The van der Waals surface area contributed by atoms with E-state index in [1.165, 1.54) is 6.07 Å². The summed E-state index contributed by atoms with van der Waals surface area (Å²) < 4.78 is 10.9. The topological polar surface area (TPSA) is 145 Å². The number of nitrogens with zero attached hydrogens (tertiary/aromatic N) is 1. The summed E-state index contributed by atoms with van der Waals surface area (Å²) in [5.74, 6) is -1.95. The zero-order chi connectivity index (χ0) is 22.3. The summed E-state index contributed by atoms with van der Waals surface area (Å²) in [6, 6.07) is 9.73. The number of likely N-dealkylation sites (tertiary alicyclic amines) is 1. The summed E-state index contributed by atoms with van der Waals surface area (Å²) in [5.41, 5.74) is 8.03.